The molecule has 4 rings (SSSR count). The number of aryl methyl sites for hydroxylation is 1. The molecule has 34 heavy (non-hydrogen) atoms. The van der Waals surface area contributed by atoms with Crippen LogP contribution in [0.1, 0.15) is 31.3 Å². The first-order chi connectivity index (χ1) is 16.4. The van der Waals surface area contributed by atoms with Crippen molar-refractivity contribution in [3.8, 4) is 5.75 Å². The van der Waals surface area contributed by atoms with Gasteiger partial charge in [-0.15, -0.1) is 0 Å². The summed E-state index contributed by atoms with van der Waals surface area (Å²) < 4.78 is 18.5. The average Bonchev–Trinajstić information content (AvgIpc) is 3.26. The zero-order valence-corrected chi connectivity index (χ0v) is 21.1. The van der Waals surface area contributed by atoms with Crippen LogP contribution >= 0.6 is 11.6 Å². The maximum atomic E-state index is 13.3. The summed E-state index contributed by atoms with van der Waals surface area (Å²) in [5, 5.41) is 0.660. The lowest BCUT2D eigenvalue weighted by atomic mass is 9.96. The average molecular weight is 490 g/mol. The van der Waals surface area contributed by atoms with Crippen molar-refractivity contribution in [2.45, 2.75) is 38.3 Å². The Labute approximate surface area is 207 Å². The molecule has 2 saturated heterocycles. The van der Waals surface area contributed by atoms with Gasteiger partial charge in [0.1, 0.15) is 29.5 Å². The van der Waals surface area contributed by atoms with Crippen LogP contribution in [0.25, 0.3) is 0 Å². The second-order valence-electron chi connectivity index (χ2n) is 9.46. The summed E-state index contributed by atoms with van der Waals surface area (Å²) >= 11 is 6.02. The van der Waals surface area contributed by atoms with E-state index < -0.39 is 5.60 Å². The molecule has 3 heterocycles. The number of carbonyl (C=O) groups excluding carboxylic acids is 1. The number of benzene rings is 1. The quantitative estimate of drug-likeness (QED) is 0.535. The number of amides is 1. The number of halogens is 1. The Kier molecular flexibility index (Phi) is 8.53. The minimum atomic E-state index is -0.725. The molecule has 8 heteroatoms. The van der Waals surface area contributed by atoms with Gasteiger partial charge in [-0.1, -0.05) is 18.5 Å². The SMILES string of the molecule is CCCc1ccc(CN2CCO[C@@](COc3ccc(Cl)cc3)(CC(=O)N3CCN(C)CC3)C2)o1. The van der Waals surface area contributed by atoms with Crippen LogP contribution in [-0.4, -0.2) is 85.7 Å². The number of rotatable bonds is 9. The topological polar surface area (TPSA) is 58.4 Å². The fourth-order valence-electron chi connectivity index (χ4n) is 4.60. The van der Waals surface area contributed by atoms with Crippen molar-refractivity contribution in [3.05, 3.63) is 52.9 Å². The molecule has 0 bridgehead atoms. The normalized spacial score (nSPS) is 22.1. The van der Waals surface area contributed by atoms with Gasteiger partial charge >= 0.3 is 0 Å². The van der Waals surface area contributed by atoms with Crippen LogP contribution in [0.15, 0.2) is 40.8 Å². The summed E-state index contributed by atoms with van der Waals surface area (Å²) in [6, 6.07) is 11.4. The van der Waals surface area contributed by atoms with Gasteiger partial charge in [-0.2, -0.15) is 0 Å². The van der Waals surface area contributed by atoms with Gasteiger partial charge in [0.2, 0.25) is 5.91 Å². The summed E-state index contributed by atoms with van der Waals surface area (Å²) in [5.74, 6) is 2.81. The highest BCUT2D eigenvalue weighted by molar-refractivity contribution is 6.30. The fourth-order valence-corrected chi connectivity index (χ4v) is 4.73. The number of furan rings is 1. The Morgan fingerprint density at radius 2 is 1.79 bits per heavy atom. The van der Waals surface area contributed by atoms with Crippen molar-refractivity contribution in [1.82, 2.24) is 14.7 Å². The van der Waals surface area contributed by atoms with Gasteiger partial charge in [-0.25, -0.2) is 0 Å². The molecule has 0 aliphatic carbocycles. The smallest absolute Gasteiger partial charge is 0.225 e. The number of hydrogen-bond acceptors (Lipinski definition) is 6. The zero-order chi connectivity index (χ0) is 24.0. The van der Waals surface area contributed by atoms with Crippen LogP contribution in [0.2, 0.25) is 5.02 Å². The van der Waals surface area contributed by atoms with Crippen LogP contribution in [0, 0.1) is 0 Å². The molecule has 1 amide bonds. The van der Waals surface area contributed by atoms with E-state index in [-0.39, 0.29) is 5.91 Å². The van der Waals surface area contributed by atoms with Crippen LogP contribution in [0.5, 0.6) is 5.75 Å². The highest BCUT2D eigenvalue weighted by Crippen LogP contribution is 2.27. The standard InChI is InChI=1S/C26H36ClN3O4/c1-3-4-23-9-10-24(34-23)18-29-15-16-33-26(19-29,20-32-22-7-5-21(27)6-8-22)17-25(31)30-13-11-28(2)12-14-30/h5-10H,3-4,11-20H2,1-2H3/t26-/m0/s1. The third-order valence-corrected chi connectivity index (χ3v) is 6.82. The molecular weight excluding hydrogens is 454 g/mol. The van der Waals surface area contributed by atoms with Crippen LogP contribution in [-0.2, 0) is 22.5 Å². The molecule has 1 aromatic heterocycles. The third kappa shape index (κ3) is 6.75. The summed E-state index contributed by atoms with van der Waals surface area (Å²) in [5.41, 5.74) is -0.725. The van der Waals surface area contributed by atoms with Gasteiger partial charge in [0.15, 0.2) is 0 Å². The van der Waals surface area contributed by atoms with E-state index >= 15 is 0 Å². The van der Waals surface area contributed by atoms with E-state index in [4.69, 9.17) is 25.5 Å². The molecule has 0 N–H and O–H groups in total. The molecular formula is C26H36ClN3O4. The highest BCUT2D eigenvalue weighted by atomic mass is 35.5. The number of ether oxygens (including phenoxy) is 2. The van der Waals surface area contributed by atoms with E-state index in [1.165, 1.54) is 0 Å². The predicted molar refractivity (Wildman–Crippen MR) is 132 cm³/mol. The largest absolute Gasteiger partial charge is 0.491 e. The van der Waals surface area contributed by atoms with Crippen molar-refractivity contribution in [1.29, 1.82) is 0 Å². The lowest BCUT2D eigenvalue weighted by molar-refractivity contribution is -0.158. The van der Waals surface area contributed by atoms with Crippen LogP contribution < -0.4 is 4.74 Å². The molecule has 0 saturated carbocycles. The van der Waals surface area contributed by atoms with Crippen LogP contribution in [0.4, 0.5) is 0 Å². The third-order valence-electron chi connectivity index (χ3n) is 6.57. The van der Waals surface area contributed by atoms with Gasteiger partial charge in [-0.3, -0.25) is 9.69 Å². The summed E-state index contributed by atoms with van der Waals surface area (Å²) in [7, 11) is 2.09. The molecule has 2 fully saturated rings. The second kappa shape index (κ2) is 11.6. The van der Waals surface area contributed by atoms with Gasteiger partial charge in [0.25, 0.3) is 0 Å². The number of nitrogens with zero attached hydrogens (tertiary/aromatic N) is 3. The number of likely N-dealkylation sites (N-methyl/N-ethyl adjacent to an activating group) is 1. The molecule has 0 spiro atoms. The van der Waals surface area contributed by atoms with Crippen molar-refractivity contribution >= 4 is 17.5 Å². The Hall–Kier alpha value is -2.06. The lowest BCUT2D eigenvalue weighted by Crippen LogP contribution is -2.58. The summed E-state index contributed by atoms with van der Waals surface area (Å²) in [4.78, 5) is 19.8. The maximum Gasteiger partial charge on any atom is 0.225 e. The number of carbonyl (C=O) groups is 1. The summed E-state index contributed by atoms with van der Waals surface area (Å²) in [6.07, 6.45) is 2.30. The monoisotopic (exact) mass is 489 g/mol. The number of morpholine rings is 1. The highest BCUT2D eigenvalue weighted by Gasteiger charge is 2.41. The molecule has 0 radical (unpaired) electrons. The van der Waals surface area contributed by atoms with E-state index in [0.717, 1.165) is 57.1 Å². The minimum absolute atomic E-state index is 0.123. The summed E-state index contributed by atoms with van der Waals surface area (Å²) in [6.45, 7) is 8.36. The van der Waals surface area contributed by atoms with E-state index in [0.29, 0.717) is 43.5 Å². The Balaban J connectivity index is 1.45. The minimum Gasteiger partial charge on any atom is -0.491 e. The Morgan fingerprint density at radius 3 is 2.53 bits per heavy atom. The molecule has 186 valence electrons. The number of piperazine rings is 1. The van der Waals surface area contributed by atoms with Gasteiger partial charge in [0, 0.05) is 50.7 Å². The van der Waals surface area contributed by atoms with Gasteiger partial charge in [0.05, 0.1) is 19.6 Å². The second-order valence-corrected chi connectivity index (χ2v) is 9.90. The van der Waals surface area contributed by atoms with E-state index in [1.807, 2.05) is 17.0 Å². The molecule has 0 unspecified atom stereocenters. The van der Waals surface area contributed by atoms with Crippen molar-refractivity contribution in [2.75, 3.05) is 59.5 Å². The van der Waals surface area contributed by atoms with E-state index in [1.54, 1.807) is 12.1 Å². The zero-order valence-electron chi connectivity index (χ0n) is 20.3. The Bertz CT molecular complexity index is 926. The Morgan fingerprint density at radius 1 is 1.06 bits per heavy atom. The first-order valence-corrected chi connectivity index (χ1v) is 12.6. The molecule has 7 nitrogen and oxygen atoms in total. The maximum absolute atomic E-state index is 13.3. The lowest BCUT2D eigenvalue weighted by Gasteiger charge is -2.43. The first kappa shape index (κ1) is 25.0. The predicted octanol–water partition coefficient (Wildman–Crippen LogP) is 3.70. The molecule has 2 aliphatic rings. The molecule has 2 aromatic rings. The molecule has 1 atom stereocenters. The first-order valence-electron chi connectivity index (χ1n) is 12.2. The van der Waals surface area contributed by atoms with Crippen LogP contribution in [0.3, 0.4) is 0 Å². The molecule has 1 aromatic carbocycles. The van der Waals surface area contributed by atoms with Crippen molar-refractivity contribution in [2.24, 2.45) is 0 Å². The van der Waals surface area contributed by atoms with Crippen molar-refractivity contribution < 1.29 is 18.7 Å². The van der Waals surface area contributed by atoms with Gasteiger partial charge in [-0.05, 0) is 49.9 Å². The van der Waals surface area contributed by atoms with Crippen molar-refractivity contribution in [3.63, 3.8) is 0 Å². The fraction of sp³-hybridized carbons (Fsp3) is 0.577. The van der Waals surface area contributed by atoms with E-state index in [9.17, 15) is 4.79 Å². The van der Waals surface area contributed by atoms with Gasteiger partial charge < -0.3 is 23.7 Å². The number of hydrogen-bond donors (Lipinski definition) is 0. The molecule has 2 aliphatic heterocycles. The van der Waals surface area contributed by atoms with E-state index in [2.05, 4.69) is 35.9 Å².